The van der Waals surface area contributed by atoms with Crippen LogP contribution in [0.5, 0.6) is 0 Å². The molecule has 7 nitrogen and oxygen atoms in total. The van der Waals surface area contributed by atoms with E-state index >= 15 is 0 Å². The predicted octanol–water partition coefficient (Wildman–Crippen LogP) is 3.42. The van der Waals surface area contributed by atoms with Gasteiger partial charge in [-0.05, 0) is 30.7 Å². The zero-order chi connectivity index (χ0) is 21.4. The van der Waals surface area contributed by atoms with Crippen molar-refractivity contribution in [3.05, 3.63) is 64.3 Å². The standard InChI is InChI=1S/C23H23N3O4/c1-13-7-8-15(11-20(13)24-14(2)27)22(28)26-10-9-19-18(12-26)16-5-4-6-17(21(16)25-19)23(29)30-3/h4-8,11,25H,9-10,12H2,1-3H3,(H,24,27). The molecule has 0 fully saturated rings. The SMILES string of the molecule is COC(=O)c1cccc2c3c([nH]c12)CCN(C(=O)c1ccc(C)c(NC(C)=O)c1)C3. The molecule has 0 aliphatic carbocycles. The molecule has 7 heteroatoms. The lowest BCUT2D eigenvalue weighted by atomic mass is 10.0. The van der Waals surface area contributed by atoms with Crippen molar-refractivity contribution < 1.29 is 19.1 Å². The van der Waals surface area contributed by atoms with Crippen molar-refractivity contribution in [2.75, 3.05) is 19.0 Å². The van der Waals surface area contributed by atoms with Gasteiger partial charge in [0.25, 0.3) is 5.91 Å². The van der Waals surface area contributed by atoms with Crippen LogP contribution in [0.4, 0.5) is 5.69 Å². The molecule has 0 radical (unpaired) electrons. The molecule has 0 spiro atoms. The quantitative estimate of drug-likeness (QED) is 0.653. The van der Waals surface area contributed by atoms with E-state index in [1.54, 1.807) is 23.1 Å². The number of esters is 1. The highest BCUT2D eigenvalue weighted by Gasteiger charge is 2.26. The number of nitrogens with zero attached hydrogens (tertiary/aromatic N) is 1. The lowest BCUT2D eigenvalue weighted by Gasteiger charge is -2.27. The van der Waals surface area contributed by atoms with E-state index in [0.29, 0.717) is 36.3 Å². The van der Waals surface area contributed by atoms with Gasteiger partial charge in [0, 0.05) is 54.3 Å². The molecule has 2 amide bonds. The van der Waals surface area contributed by atoms with Crippen molar-refractivity contribution in [1.29, 1.82) is 0 Å². The van der Waals surface area contributed by atoms with Gasteiger partial charge in [-0.25, -0.2) is 4.79 Å². The Balaban J connectivity index is 1.65. The fourth-order valence-corrected chi connectivity index (χ4v) is 3.95. The Morgan fingerprint density at radius 1 is 1.17 bits per heavy atom. The van der Waals surface area contributed by atoms with Crippen LogP contribution in [0.15, 0.2) is 36.4 Å². The van der Waals surface area contributed by atoms with Crippen molar-refractivity contribution in [2.45, 2.75) is 26.8 Å². The first kappa shape index (κ1) is 19.7. The topological polar surface area (TPSA) is 91.5 Å². The number of carbonyl (C=O) groups excluding carboxylic acids is 3. The van der Waals surface area contributed by atoms with Crippen molar-refractivity contribution in [2.24, 2.45) is 0 Å². The van der Waals surface area contributed by atoms with E-state index in [2.05, 4.69) is 10.3 Å². The molecular weight excluding hydrogens is 382 g/mol. The average Bonchev–Trinajstić information content (AvgIpc) is 3.12. The van der Waals surface area contributed by atoms with Crippen LogP contribution in [-0.2, 0) is 22.5 Å². The lowest BCUT2D eigenvalue weighted by molar-refractivity contribution is -0.114. The molecule has 1 aliphatic heterocycles. The summed E-state index contributed by atoms with van der Waals surface area (Å²) in [5.41, 5.74) is 5.35. The fourth-order valence-electron chi connectivity index (χ4n) is 3.95. The van der Waals surface area contributed by atoms with E-state index < -0.39 is 5.97 Å². The van der Waals surface area contributed by atoms with Crippen LogP contribution in [0.3, 0.4) is 0 Å². The maximum absolute atomic E-state index is 13.2. The van der Waals surface area contributed by atoms with Gasteiger partial charge in [-0.2, -0.15) is 0 Å². The van der Waals surface area contributed by atoms with Gasteiger partial charge in [-0.15, -0.1) is 0 Å². The second kappa shape index (κ2) is 7.67. The van der Waals surface area contributed by atoms with Crippen molar-refractivity contribution in [3.8, 4) is 0 Å². The van der Waals surface area contributed by atoms with Gasteiger partial charge in [0.05, 0.1) is 18.2 Å². The number of fused-ring (bicyclic) bond motifs is 3. The highest BCUT2D eigenvalue weighted by Crippen LogP contribution is 2.31. The number of carbonyl (C=O) groups is 3. The maximum atomic E-state index is 13.2. The number of para-hydroxylation sites is 1. The van der Waals surface area contributed by atoms with E-state index in [1.807, 2.05) is 25.1 Å². The number of aryl methyl sites for hydroxylation is 1. The Labute approximate surface area is 174 Å². The van der Waals surface area contributed by atoms with E-state index in [1.165, 1.54) is 14.0 Å². The van der Waals surface area contributed by atoms with Crippen LogP contribution in [0.2, 0.25) is 0 Å². The van der Waals surface area contributed by atoms with Crippen LogP contribution in [0, 0.1) is 6.92 Å². The first-order valence-corrected chi connectivity index (χ1v) is 9.77. The number of aromatic nitrogens is 1. The minimum atomic E-state index is -0.391. The monoisotopic (exact) mass is 405 g/mol. The molecule has 0 saturated carbocycles. The van der Waals surface area contributed by atoms with E-state index in [0.717, 1.165) is 27.7 Å². The zero-order valence-electron chi connectivity index (χ0n) is 17.2. The van der Waals surface area contributed by atoms with E-state index in [4.69, 9.17) is 4.74 Å². The first-order valence-electron chi connectivity index (χ1n) is 9.77. The predicted molar refractivity (Wildman–Crippen MR) is 114 cm³/mol. The number of methoxy groups -OCH3 is 1. The Morgan fingerprint density at radius 2 is 1.97 bits per heavy atom. The first-order chi connectivity index (χ1) is 14.4. The lowest BCUT2D eigenvalue weighted by Crippen LogP contribution is -2.35. The third kappa shape index (κ3) is 3.43. The second-order valence-electron chi connectivity index (χ2n) is 7.49. The second-order valence-corrected chi connectivity index (χ2v) is 7.49. The normalized spacial score (nSPS) is 13.1. The number of aromatic amines is 1. The molecule has 0 saturated heterocycles. The Bertz CT molecular complexity index is 1180. The van der Waals surface area contributed by atoms with Crippen LogP contribution in [0.25, 0.3) is 10.9 Å². The van der Waals surface area contributed by atoms with Crippen LogP contribution < -0.4 is 5.32 Å². The zero-order valence-corrected chi connectivity index (χ0v) is 17.2. The summed E-state index contributed by atoms with van der Waals surface area (Å²) in [6.45, 7) is 4.34. The molecule has 1 aliphatic rings. The van der Waals surface area contributed by atoms with Crippen molar-refractivity contribution in [1.82, 2.24) is 9.88 Å². The van der Waals surface area contributed by atoms with Crippen LogP contribution in [0.1, 0.15) is 44.5 Å². The Kier molecular flexibility index (Phi) is 5.03. The fraction of sp³-hybridized carbons (Fsp3) is 0.261. The molecule has 1 aromatic heterocycles. The molecule has 2 heterocycles. The number of ether oxygens (including phenoxy) is 1. The van der Waals surface area contributed by atoms with Gasteiger partial charge in [-0.3, -0.25) is 9.59 Å². The summed E-state index contributed by atoms with van der Waals surface area (Å²) in [6.07, 6.45) is 0.667. The average molecular weight is 405 g/mol. The van der Waals surface area contributed by atoms with Gasteiger partial charge >= 0.3 is 5.97 Å². The molecule has 3 aromatic rings. The third-order valence-electron chi connectivity index (χ3n) is 5.50. The number of hydrogen-bond acceptors (Lipinski definition) is 4. The minimum Gasteiger partial charge on any atom is -0.465 e. The molecule has 0 unspecified atom stereocenters. The largest absolute Gasteiger partial charge is 0.465 e. The summed E-state index contributed by atoms with van der Waals surface area (Å²) in [5.74, 6) is -0.659. The summed E-state index contributed by atoms with van der Waals surface area (Å²) < 4.78 is 4.89. The molecule has 0 atom stereocenters. The number of H-pyrrole nitrogens is 1. The highest BCUT2D eigenvalue weighted by molar-refractivity contribution is 6.04. The third-order valence-corrected chi connectivity index (χ3v) is 5.50. The molecular formula is C23H23N3O4. The van der Waals surface area contributed by atoms with Gasteiger partial charge in [0.15, 0.2) is 0 Å². The van der Waals surface area contributed by atoms with E-state index in [9.17, 15) is 14.4 Å². The van der Waals surface area contributed by atoms with Gasteiger partial charge in [0.2, 0.25) is 5.91 Å². The van der Waals surface area contributed by atoms with Crippen molar-refractivity contribution in [3.63, 3.8) is 0 Å². The number of nitrogens with one attached hydrogen (secondary N) is 2. The molecule has 4 rings (SSSR count). The van der Waals surface area contributed by atoms with Crippen molar-refractivity contribution >= 4 is 34.4 Å². The molecule has 30 heavy (non-hydrogen) atoms. The smallest absolute Gasteiger partial charge is 0.339 e. The van der Waals surface area contributed by atoms with E-state index in [-0.39, 0.29) is 11.8 Å². The summed E-state index contributed by atoms with van der Waals surface area (Å²) in [7, 11) is 1.36. The molecule has 0 bridgehead atoms. The summed E-state index contributed by atoms with van der Waals surface area (Å²) in [5, 5.41) is 3.70. The Hall–Kier alpha value is -3.61. The van der Waals surface area contributed by atoms with Crippen LogP contribution >= 0.6 is 0 Å². The number of anilines is 1. The summed E-state index contributed by atoms with van der Waals surface area (Å²) in [6, 6.07) is 10.8. The number of rotatable bonds is 3. The highest BCUT2D eigenvalue weighted by atomic mass is 16.5. The number of hydrogen-bond donors (Lipinski definition) is 2. The summed E-state index contributed by atoms with van der Waals surface area (Å²) >= 11 is 0. The summed E-state index contributed by atoms with van der Waals surface area (Å²) in [4.78, 5) is 41.8. The molecule has 2 N–H and O–H groups in total. The van der Waals surface area contributed by atoms with Gasteiger partial charge < -0.3 is 19.9 Å². The Morgan fingerprint density at radius 3 is 2.70 bits per heavy atom. The molecule has 2 aromatic carbocycles. The number of amides is 2. The minimum absolute atomic E-state index is 0.0919. The van der Waals surface area contributed by atoms with Gasteiger partial charge in [0.1, 0.15) is 0 Å². The number of benzene rings is 2. The maximum Gasteiger partial charge on any atom is 0.339 e. The molecule has 154 valence electrons. The van der Waals surface area contributed by atoms with Gasteiger partial charge in [-0.1, -0.05) is 18.2 Å². The van der Waals surface area contributed by atoms with Crippen LogP contribution in [-0.4, -0.2) is 41.3 Å².